The fourth-order valence-corrected chi connectivity index (χ4v) is 4.26. The molecule has 3 unspecified atom stereocenters. The van der Waals surface area contributed by atoms with Crippen LogP contribution < -0.4 is 5.32 Å². The summed E-state index contributed by atoms with van der Waals surface area (Å²) in [6, 6.07) is 0.421. The summed E-state index contributed by atoms with van der Waals surface area (Å²) in [6.07, 6.45) is 8.77. The quantitative estimate of drug-likeness (QED) is 0.807. The van der Waals surface area contributed by atoms with Crippen LogP contribution in [-0.4, -0.2) is 29.1 Å². The molecule has 3 heteroatoms. The molecule has 0 radical (unpaired) electrons. The van der Waals surface area contributed by atoms with E-state index in [1.807, 2.05) is 0 Å². The Morgan fingerprint density at radius 2 is 1.80 bits per heavy atom. The van der Waals surface area contributed by atoms with E-state index in [4.69, 9.17) is 0 Å². The zero-order chi connectivity index (χ0) is 14.7. The van der Waals surface area contributed by atoms with E-state index in [9.17, 15) is 4.79 Å². The average molecular weight is 280 g/mol. The Balaban J connectivity index is 2.17. The summed E-state index contributed by atoms with van der Waals surface area (Å²) in [5.41, 5.74) is 0. The van der Waals surface area contributed by atoms with Gasteiger partial charge >= 0.3 is 0 Å². The van der Waals surface area contributed by atoms with Gasteiger partial charge in [-0.25, -0.2) is 0 Å². The Morgan fingerprint density at radius 1 is 1.20 bits per heavy atom. The highest BCUT2D eigenvalue weighted by atomic mass is 16.2. The fraction of sp³-hybridized carbons (Fsp3) is 0.941. The Hall–Kier alpha value is -0.570. The topological polar surface area (TPSA) is 32.3 Å². The normalized spacial score (nSPS) is 29.6. The molecular formula is C17H32N2O. The molecule has 2 aliphatic rings. The largest absolute Gasteiger partial charge is 0.323 e. The zero-order valence-corrected chi connectivity index (χ0v) is 13.7. The number of nitrogens with one attached hydrogen (secondary N) is 1. The predicted octanol–water partition coefficient (Wildman–Crippen LogP) is 3.54. The van der Waals surface area contributed by atoms with Crippen LogP contribution in [0.15, 0.2) is 0 Å². The third-order valence-electron chi connectivity index (χ3n) is 5.65. The van der Waals surface area contributed by atoms with Gasteiger partial charge in [0.25, 0.3) is 0 Å². The number of rotatable bonds is 6. The second-order valence-corrected chi connectivity index (χ2v) is 6.68. The number of nitrogens with zero attached hydrogens (tertiary/aromatic N) is 1. The minimum Gasteiger partial charge on any atom is -0.323 e. The molecule has 0 bridgehead atoms. The van der Waals surface area contributed by atoms with E-state index in [2.05, 4.69) is 37.9 Å². The molecular weight excluding hydrogens is 248 g/mol. The summed E-state index contributed by atoms with van der Waals surface area (Å²) < 4.78 is 0. The number of hydrogen-bond acceptors (Lipinski definition) is 2. The van der Waals surface area contributed by atoms with Gasteiger partial charge in [0, 0.05) is 6.04 Å². The molecule has 0 aromatic carbocycles. The summed E-state index contributed by atoms with van der Waals surface area (Å²) in [6.45, 7) is 8.88. The molecule has 20 heavy (non-hydrogen) atoms. The SMILES string of the molecule is CCC1NC(C2CCCC2)N(C(C)C(CC)CC)C1=O. The van der Waals surface area contributed by atoms with Gasteiger partial charge < -0.3 is 4.90 Å². The standard InChI is InChI=1S/C17H32N2O/c1-5-13(6-2)12(4)19-16(14-10-8-9-11-14)18-15(7-3)17(19)20/h12-16,18H,5-11H2,1-4H3. The third kappa shape index (κ3) is 2.88. The first kappa shape index (κ1) is 15.8. The molecule has 1 aliphatic carbocycles. The van der Waals surface area contributed by atoms with Crippen molar-refractivity contribution in [3.63, 3.8) is 0 Å². The molecule has 2 rings (SSSR count). The molecule has 0 aromatic rings. The lowest BCUT2D eigenvalue weighted by Gasteiger charge is -2.37. The zero-order valence-electron chi connectivity index (χ0n) is 13.7. The molecule has 1 heterocycles. The van der Waals surface area contributed by atoms with Crippen molar-refractivity contribution in [1.82, 2.24) is 10.2 Å². The van der Waals surface area contributed by atoms with Gasteiger partial charge in [0.05, 0.1) is 12.2 Å². The Kier molecular flexibility index (Phi) is 5.48. The van der Waals surface area contributed by atoms with Crippen molar-refractivity contribution in [3.8, 4) is 0 Å². The van der Waals surface area contributed by atoms with Crippen LogP contribution in [0.4, 0.5) is 0 Å². The molecule has 3 nitrogen and oxygen atoms in total. The van der Waals surface area contributed by atoms with Crippen molar-refractivity contribution in [1.29, 1.82) is 0 Å². The van der Waals surface area contributed by atoms with E-state index >= 15 is 0 Å². The van der Waals surface area contributed by atoms with Crippen molar-refractivity contribution >= 4 is 5.91 Å². The van der Waals surface area contributed by atoms with Gasteiger partial charge in [-0.1, -0.05) is 46.5 Å². The van der Waals surface area contributed by atoms with Crippen LogP contribution in [0.3, 0.4) is 0 Å². The number of hydrogen-bond donors (Lipinski definition) is 1. The predicted molar refractivity (Wildman–Crippen MR) is 83.3 cm³/mol. The molecule has 1 saturated carbocycles. The van der Waals surface area contributed by atoms with Crippen molar-refractivity contribution in [3.05, 3.63) is 0 Å². The van der Waals surface area contributed by atoms with E-state index in [0.717, 1.165) is 19.3 Å². The maximum Gasteiger partial charge on any atom is 0.241 e. The second kappa shape index (κ2) is 6.93. The van der Waals surface area contributed by atoms with Gasteiger partial charge in [0.2, 0.25) is 5.91 Å². The highest BCUT2D eigenvalue weighted by Crippen LogP contribution is 2.35. The maximum absolute atomic E-state index is 12.7. The third-order valence-corrected chi connectivity index (χ3v) is 5.65. The van der Waals surface area contributed by atoms with Gasteiger partial charge in [0.15, 0.2) is 0 Å². The Labute approximate surface area is 124 Å². The molecule has 1 N–H and O–H groups in total. The van der Waals surface area contributed by atoms with Crippen LogP contribution in [0.5, 0.6) is 0 Å². The van der Waals surface area contributed by atoms with E-state index in [-0.39, 0.29) is 6.04 Å². The van der Waals surface area contributed by atoms with Gasteiger partial charge in [-0.3, -0.25) is 10.1 Å². The Morgan fingerprint density at radius 3 is 2.30 bits per heavy atom. The Bertz CT molecular complexity index is 321. The number of amides is 1. The molecule has 116 valence electrons. The van der Waals surface area contributed by atoms with Crippen LogP contribution in [0.25, 0.3) is 0 Å². The lowest BCUT2D eigenvalue weighted by atomic mass is 9.92. The van der Waals surface area contributed by atoms with Crippen LogP contribution in [-0.2, 0) is 4.79 Å². The molecule has 0 aromatic heterocycles. The minimum absolute atomic E-state index is 0.0532. The van der Waals surface area contributed by atoms with E-state index in [1.54, 1.807) is 0 Å². The average Bonchev–Trinajstić information content (AvgIpc) is 3.07. The molecule has 0 spiro atoms. The number of carbonyl (C=O) groups excluding carboxylic acids is 1. The summed E-state index contributed by atoms with van der Waals surface area (Å²) in [5.74, 6) is 1.65. The van der Waals surface area contributed by atoms with Gasteiger partial charge in [-0.05, 0) is 38.0 Å². The van der Waals surface area contributed by atoms with Crippen LogP contribution >= 0.6 is 0 Å². The van der Waals surface area contributed by atoms with Crippen LogP contribution in [0.1, 0.15) is 72.6 Å². The van der Waals surface area contributed by atoms with Crippen molar-refractivity contribution in [2.45, 2.75) is 90.9 Å². The lowest BCUT2D eigenvalue weighted by Crippen LogP contribution is -2.49. The first-order valence-electron chi connectivity index (χ1n) is 8.72. The van der Waals surface area contributed by atoms with Gasteiger partial charge in [0.1, 0.15) is 0 Å². The van der Waals surface area contributed by atoms with Crippen LogP contribution in [0, 0.1) is 11.8 Å². The highest BCUT2D eigenvalue weighted by molar-refractivity contribution is 5.84. The summed E-state index contributed by atoms with van der Waals surface area (Å²) in [7, 11) is 0. The minimum atomic E-state index is 0.0532. The molecule has 1 amide bonds. The fourth-order valence-electron chi connectivity index (χ4n) is 4.26. The smallest absolute Gasteiger partial charge is 0.241 e. The highest BCUT2D eigenvalue weighted by Gasteiger charge is 2.45. The van der Waals surface area contributed by atoms with Crippen molar-refractivity contribution < 1.29 is 4.79 Å². The van der Waals surface area contributed by atoms with E-state index in [0.29, 0.717) is 30.0 Å². The molecule has 2 fully saturated rings. The lowest BCUT2D eigenvalue weighted by molar-refractivity contribution is -0.134. The molecule has 1 saturated heterocycles. The monoisotopic (exact) mass is 280 g/mol. The van der Waals surface area contributed by atoms with E-state index in [1.165, 1.54) is 25.7 Å². The van der Waals surface area contributed by atoms with Crippen molar-refractivity contribution in [2.24, 2.45) is 11.8 Å². The number of carbonyl (C=O) groups is 1. The molecule has 3 atom stereocenters. The van der Waals surface area contributed by atoms with Crippen molar-refractivity contribution in [2.75, 3.05) is 0 Å². The van der Waals surface area contributed by atoms with E-state index < -0.39 is 0 Å². The summed E-state index contributed by atoms with van der Waals surface area (Å²) >= 11 is 0. The maximum atomic E-state index is 12.7. The first-order valence-corrected chi connectivity index (χ1v) is 8.72. The van der Waals surface area contributed by atoms with Gasteiger partial charge in [-0.2, -0.15) is 0 Å². The van der Waals surface area contributed by atoms with Crippen LogP contribution in [0.2, 0.25) is 0 Å². The second-order valence-electron chi connectivity index (χ2n) is 6.68. The first-order chi connectivity index (χ1) is 9.63. The van der Waals surface area contributed by atoms with Gasteiger partial charge in [-0.15, -0.1) is 0 Å². The summed E-state index contributed by atoms with van der Waals surface area (Å²) in [5, 5.41) is 3.64. The molecule has 1 aliphatic heterocycles. The summed E-state index contributed by atoms with van der Waals surface area (Å²) in [4.78, 5) is 15.0.